The lowest BCUT2D eigenvalue weighted by atomic mass is 9.87. The van der Waals surface area contributed by atoms with Gasteiger partial charge in [0.05, 0.1) is 0 Å². The van der Waals surface area contributed by atoms with Crippen LogP contribution in [0.15, 0.2) is 0 Å². The van der Waals surface area contributed by atoms with E-state index in [1.165, 1.54) is 25.9 Å². The van der Waals surface area contributed by atoms with Crippen LogP contribution in [0.1, 0.15) is 25.6 Å². The summed E-state index contributed by atoms with van der Waals surface area (Å²) >= 11 is 1.55. The average Bonchev–Trinajstić information content (AvgIpc) is 2.70. The molecule has 1 saturated heterocycles. The first-order valence-corrected chi connectivity index (χ1v) is 6.56. The molecule has 1 saturated carbocycles. The number of aromatic nitrogens is 2. The molecule has 1 aliphatic heterocycles. The van der Waals surface area contributed by atoms with Crippen molar-refractivity contribution in [3.8, 4) is 0 Å². The third-order valence-corrected chi connectivity index (χ3v) is 4.96. The Balaban J connectivity index is 1.80. The van der Waals surface area contributed by atoms with Crippen molar-refractivity contribution in [2.24, 2.45) is 17.8 Å². The Hall–Kier alpha value is -0.640. The number of aryl methyl sites for hydroxylation is 1. The van der Waals surface area contributed by atoms with Gasteiger partial charge in [-0.05, 0) is 37.5 Å². The van der Waals surface area contributed by atoms with Gasteiger partial charge in [-0.25, -0.2) is 4.98 Å². The summed E-state index contributed by atoms with van der Waals surface area (Å²) in [6, 6.07) is 0. The van der Waals surface area contributed by atoms with Crippen molar-refractivity contribution in [2.45, 2.75) is 26.7 Å². The second kappa shape index (κ2) is 3.44. The molecule has 3 atom stereocenters. The lowest BCUT2D eigenvalue weighted by Gasteiger charge is -2.35. The summed E-state index contributed by atoms with van der Waals surface area (Å²) in [5.41, 5.74) is 0. The molecule has 3 nitrogen and oxygen atoms in total. The van der Waals surface area contributed by atoms with Gasteiger partial charge in [-0.15, -0.1) is 0 Å². The normalized spacial score (nSPS) is 34.8. The van der Waals surface area contributed by atoms with Crippen LogP contribution in [-0.4, -0.2) is 22.4 Å². The minimum atomic E-state index is 0.896. The second-order valence-corrected chi connectivity index (χ2v) is 5.72. The summed E-state index contributed by atoms with van der Waals surface area (Å²) in [4.78, 5) is 6.94. The minimum absolute atomic E-state index is 0.896. The van der Waals surface area contributed by atoms with E-state index in [0.29, 0.717) is 0 Å². The van der Waals surface area contributed by atoms with E-state index < -0.39 is 0 Å². The van der Waals surface area contributed by atoms with E-state index in [4.69, 9.17) is 0 Å². The molecule has 2 aliphatic rings. The molecular weight excluding hydrogens is 206 g/mol. The number of hydrogen-bond donors (Lipinski definition) is 0. The van der Waals surface area contributed by atoms with Gasteiger partial charge in [-0.3, -0.25) is 0 Å². The first kappa shape index (κ1) is 9.58. The summed E-state index contributed by atoms with van der Waals surface area (Å²) in [6.45, 7) is 6.80. The fourth-order valence-electron chi connectivity index (χ4n) is 3.07. The molecule has 2 bridgehead atoms. The van der Waals surface area contributed by atoms with Gasteiger partial charge in [0.1, 0.15) is 5.82 Å². The Morgan fingerprint density at radius 3 is 2.47 bits per heavy atom. The zero-order valence-electron chi connectivity index (χ0n) is 9.31. The fourth-order valence-corrected chi connectivity index (χ4v) is 3.76. The van der Waals surface area contributed by atoms with Gasteiger partial charge in [0.2, 0.25) is 5.13 Å². The summed E-state index contributed by atoms with van der Waals surface area (Å²) in [5, 5.41) is 1.14. The Kier molecular flexibility index (Phi) is 2.20. The monoisotopic (exact) mass is 223 g/mol. The van der Waals surface area contributed by atoms with E-state index in [0.717, 1.165) is 28.7 Å². The van der Waals surface area contributed by atoms with E-state index in [-0.39, 0.29) is 0 Å². The van der Waals surface area contributed by atoms with Crippen molar-refractivity contribution < 1.29 is 0 Å². The van der Waals surface area contributed by atoms with Gasteiger partial charge >= 0.3 is 0 Å². The molecule has 2 heterocycles. The van der Waals surface area contributed by atoms with Crippen LogP contribution < -0.4 is 4.90 Å². The smallest absolute Gasteiger partial charge is 0.205 e. The van der Waals surface area contributed by atoms with Crippen LogP contribution in [0.4, 0.5) is 5.13 Å². The molecule has 3 rings (SSSR count). The highest BCUT2D eigenvalue weighted by Gasteiger charge is 2.39. The zero-order valence-corrected chi connectivity index (χ0v) is 10.1. The van der Waals surface area contributed by atoms with Crippen molar-refractivity contribution >= 4 is 16.7 Å². The summed E-state index contributed by atoms with van der Waals surface area (Å²) < 4.78 is 4.27. The Morgan fingerprint density at radius 1 is 1.27 bits per heavy atom. The predicted molar refractivity (Wildman–Crippen MR) is 62.2 cm³/mol. The molecule has 1 aliphatic carbocycles. The van der Waals surface area contributed by atoms with E-state index in [9.17, 15) is 0 Å². The number of nitrogens with zero attached hydrogens (tertiary/aromatic N) is 3. The molecule has 0 aromatic carbocycles. The maximum absolute atomic E-state index is 4.49. The first-order valence-electron chi connectivity index (χ1n) is 5.79. The van der Waals surface area contributed by atoms with Gasteiger partial charge in [0.25, 0.3) is 0 Å². The molecule has 1 aromatic heterocycles. The molecule has 0 amide bonds. The van der Waals surface area contributed by atoms with Crippen LogP contribution in [0.5, 0.6) is 0 Å². The SMILES string of the molecule is Cc1nsc(N2CC3CC[C@@H](C2)[C@@H]3C)n1. The molecular formula is C11H17N3S. The van der Waals surface area contributed by atoms with Crippen LogP contribution in [0.2, 0.25) is 0 Å². The summed E-state index contributed by atoms with van der Waals surface area (Å²) in [7, 11) is 0. The highest BCUT2D eigenvalue weighted by Crippen LogP contribution is 2.42. The van der Waals surface area contributed by atoms with Crippen molar-refractivity contribution in [1.82, 2.24) is 9.36 Å². The molecule has 4 heteroatoms. The maximum Gasteiger partial charge on any atom is 0.205 e. The number of rotatable bonds is 1. The van der Waals surface area contributed by atoms with E-state index in [2.05, 4.69) is 21.2 Å². The molecule has 0 radical (unpaired) electrons. The third kappa shape index (κ3) is 1.55. The van der Waals surface area contributed by atoms with Crippen molar-refractivity contribution in [3.63, 3.8) is 0 Å². The minimum Gasteiger partial charge on any atom is -0.346 e. The first-order chi connectivity index (χ1) is 7.24. The molecule has 2 fully saturated rings. The van der Waals surface area contributed by atoms with Gasteiger partial charge in [-0.1, -0.05) is 6.92 Å². The van der Waals surface area contributed by atoms with E-state index in [1.54, 1.807) is 11.5 Å². The third-order valence-electron chi connectivity index (χ3n) is 4.09. The molecule has 1 aromatic rings. The Labute approximate surface area is 94.7 Å². The van der Waals surface area contributed by atoms with Crippen LogP contribution in [0, 0.1) is 24.7 Å². The van der Waals surface area contributed by atoms with Gasteiger partial charge in [0, 0.05) is 24.6 Å². The van der Waals surface area contributed by atoms with Crippen LogP contribution >= 0.6 is 11.5 Å². The van der Waals surface area contributed by atoms with Crippen LogP contribution in [0.3, 0.4) is 0 Å². The van der Waals surface area contributed by atoms with Gasteiger partial charge < -0.3 is 4.90 Å². The maximum atomic E-state index is 4.49. The highest BCUT2D eigenvalue weighted by atomic mass is 32.1. The molecule has 15 heavy (non-hydrogen) atoms. The lowest BCUT2D eigenvalue weighted by Crippen LogP contribution is -2.40. The number of hydrogen-bond acceptors (Lipinski definition) is 4. The van der Waals surface area contributed by atoms with Gasteiger partial charge in [-0.2, -0.15) is 4.37 Å². The van der Waals surface area contributed by atoms with Crippen molar-refractivity contribution in [3.05, 3.63) is 5.82 Å². The quantitative estimate of drug-likeness (QED) is 0.731. The summed E-state index contributed by atoms with van der Waals surface area (Å²) in [5.74, 6) is 3.64. The second-order valence-electron chi connectivity index (χ2n) is 4.99. The molecule has 0 spiro atoms. The van der Waals surface area contributed by atoms with E-state index in [1.807, 2.05) is 6.92 Å². The average molecular weight is 223 g/mol. The predicted octanol–water partition coefficient (Wildman–Crippen LogP) is 2.33. The fraction of sp³-hybridized carbons (Fsp3) is 0.818. The van der Waals surface area contributed by atoms with Gasteiger partial charge in [0.15, 0.2) is 0 Å². The molecule has 82 valence electrons. The number of piperidine rings is 1. The van der Waals surface area contributed by atoms with Crippen LogP contribution in [0.25, 0.3) is 0 Å². The van der Waals surface area contributed by atoms with Crippen molar-refractivity contribution in [1.29, 1.82) is 0 Å². The number of anilines is 1. The highest BCUT2D eigenvalue weighted by molar-refractivity contribution is 7.09. The zero-order chi connectivity index (χ0) is 10.4. The lowest BCUT2D eigenvalue weighted by molar-refractivity contribution is 0.295. The van der Waals surface area contributed by atoms with E-state index >= 15 is 0 Å². The van der Waals surface area contributed by atoms with Crippen LogP contribution in [-0.2, 0) is 0 Å². The molecule has 0 N–H and O–H groups in total. The topological polar surface area (TPSA) is 29.0 Å². The molecule has 1 unspecified atom stereocenters. The van der Waals surface area contributed by atoms with Crippen molar-refractivity contribution in [2.75, 3.05) is 18.0 Å². The number of fused-ring (bicyclic) bond motifs is 2. The largest absolute Gasteiger partial charge is 0.346 e. The Morgan fingerprint density at radius 2 is 1.93 bits per heavy atom. The summed E-state index contributed by atoms with van der Waals surface area (Å²) in [6.07, 6.45) is 2.83. The Bertz CT molecular complexity index is 348. The standard InChI is InChI=1S/C11H17N3S/c1-7-9-3-4-10(7)6-14(5-9)11-12-8(2)13-15-11/h7,9-10H,3-6H2,1-2H3/t7-,9-,10?/m0/s1.